The number of carbonyl (C=O) groups is 1. The van der Waals surface area contributed by atoms with Crippen LogP contribution in [0.2, 0.25) is 0 Å². The Hall–Kier alpha value is -2.67. The summed E-state index contributed by atoms with van der Waals surface area (Å²) < 4.78 is 20.3. The maximum absolute atomic E-state index is 14.3. The summed E-state index contributed by atoms with van der Waals surface area (Å²) >= 11 is 0. The van der Waals surface area contributed by atoms with Gasteiger partial charge in [-0.2, -0.15) is 5.26 Å². The van der Waals surface area contributed by atoms with Gasteiger partial charge in [0.2, 0.25) is 0 Å². The van der Waals surface area contributed by atoms with Gasteiger partial charge in [-0.25, -0.2) is 9.18 Å². The number of hydrogen-bond donors (Lipinski definition) is 0. The predicted octanol–water partition coefficient (Wildman–Crippen LogP) is 5.74. The molecular weight excluding hydrogens is 341 g/mol. The Kier molecular flexibility index (Phi) is 5.91. The molecule has 140 valence electrons. The lowest BCUT2D eigenvalue weighted by Gasteiger charge is -2.40. The van der Waals surface area contributed by atoms with Gasteiger partial charge in [0.1, 0.15) is 17.5 Å². The second-order valence-electron chi connectivity index (χ2n) is 7.29. The average molecular weight is 365 g/mol. The minimum absolute atomic E-state index is 0.00274. The van der Waals surface area contributed by atoms with Crippen LogP contribution in [0.1, 0.15) is 66.9 Å². The molecule has 1 aliphatic carbocycles. The molecular formula is C23H24FNO2. The van der Waals surface area contributed by atoms with Crippen LogP contribution in [0, 0.1) is 23.1 Å². The summed E-state index contributed by atoms with van der Waals surface area (Å²) in [4.78, 5) is 12.7. The first-order valence-electron chi connectivity index (χ1n) is 9.56. The monoisotopic (exact) mass is 365 g/mol. The van der Waals surface area contributed by atoms with Crippen molar-refractivity contribution in [3.63, 3.8) is 0 Å². The Morgan fingerprint density at radius 3 is 2.52 bits per heavy atom. The van der Waals surface area contributed by atoms with Gasteiger partial charge in [0.15, 0.2) is 0 Å². The third-order valence-corrected chi connectivity index (χ3v) is 5.52. The molecule has 1 saturated carbocycles. The molecule has 0 N–H and O–H groups in total. The molecule has 0 bridgehead atoms. The SMILES string of the molecule is CCC[C@H]1CC[C@@](OC(=O)c2ccccc2)(c2ccc(C#N)c(F)c2)CC1. The minimum atomic E-state index is -0.841. The first-order valence-corrected chi connectivity index (χ1v) is 9.56. The Morgan fingerprint density at radius 1 is 1.22 bits per heavy atom. The molecule has 27 heavy (non-hydrogen) atoms. The van der Waals surface area contributed by atoms with Crippen molar-refractivity contribution in [2.45, 2.75) is 51.0 Å². The van der Waals surface area contributed by atoms with Crippen molar-refractivity contribution in [2.24, 2.45) is 5.92 Å². The van der Waals surface area contributed by atoms with E-state index < -0.39 is 17.4 Å². The fourth-order valence-corrected chi connectivity index (χ4v) is 3.99. The molecule has 0 unspecified atom stereocenters. The molecule has 0 spiro atoms. The molecule has 3 nitrogen and oxygen atoms in total. The number of hydrogen-bond acceptors (Lipinski definition) is 3. The summed E-state index contributed by atoms with van der Waals surface area (Å²) in [7, 11) is 0. The number of nitriles is 1. The number of carbonyl (C=O) groups excluding carboxylic acids is 1. The van der Waals surface area contributed by atoms with E-state index in [9.17, 15) is 9.18 Å². The van der Waals surface area contributed by atoms with Crippen LogP contribution in [0.15, 0.2) is 48.5 Å². The highest BCUT2D eigenvalue weighted by atomic mass is 19.1. The van der Waals surface area contributed by atoms with Crippen molar-refractivity contribution in [3.8, 4) is 6.07 Å². The lowest BCUT2D eigenvalue weighted by molar-refractivity contribution is -0.0499. The van der Waals surface area contributed by atoms with E-state index in [1.807, 2.05) is 12.1 Å². The highest BCUT2D eigenvalue weighted by molar-refractivity contribution is 5.89. The minimum Gasteiger partial charge on any atom is -0.451 e. The standard InChI is InChI=1S/C23H24FNO2/c1-2-6-17-11-13-23(14-12-17,20-10-9-19(16-25)21(24)15-20)27-22(26)18-7-4-3-5-8-18/h3-5,7-10,15,17H,2,6,11-14H2,1H3/t17-,23-. The molecule has 4 heteroatoms. The molecule has 0 aliphatic heterocycles. The Labute approximate surface area is 159 Å². The number of ether oxygens (including phenoxy) is 1. The largest absolute Gasteiger partial charge is 0.451 e. The first kappa shape index (κ1) is 19.1. The highest BCUT2D eigenvalue weighted by Crippen LogP contribution is 2.44. The molecule has 0 heterocycles. The fraction of sp³-hybridized carbons (Fsp3) is 0.391. The molecule has 0 aromatic heterocycles. The maximum atomic E-state index is 14.3. The van der Waals surface area contributed by atoms with Gasteiger partial charge >= 0.3 is 5.97 Å². The topological polar surface area (TPSA) is 50.1 Å². The van der Waals surface area contributed by atoms with E-state index in [1.54, 1.807) is 30.3 Å². The van der Waals surface area contributed by atoms with Crippen LogP contribution >= 0.6 is 0 Å². The molecule has 1 aliphatic rings. The van der Waals surface area contributed by atoms with Gasteiger partial charge < -0.3 is 4.74 Å². The zero-order valence-corrected chi connectivity index (χ0v) is 15.6. The van der Waals surface area contributed by atoms with E-state index in [0.29, 0.717) is 29.9 Å². The van der Waals surface area contributed by atoms with Crippen molar-refractivity contribution >= 4 is 5.97 Å². The molecule has 2 aromatic carbocycles. The highest BCUT2D eigenvalue weighted by Gasteiger charge is 2.40. The van der Waals surface area contributed by atoms with Crippen molar-refractivity contribution in [1.82, 2.24) is 0 Å². The summed E-state index contributed by atoms with van der Waals surface area (Å²) in [6, 6.07) is 15.3. The maximum Gasteiger partial charge on any atom is 0.339 e. The molecule has 0 atom stereocenters. The molecule has 3 rings (SSSR count). The van der Waals surface area contributed by atoms with E-state index in [4.69, 9.17) is 10.00 Å². The average Bonchev–Trinajstić information content (AvgIpc) is 2.70. The van der Waals surface area contributed by atoms with Crippen LogP contribution in [0.25, 0.3) is 0 Å². The Morgan fingerprint density at radius 2 is 1.93 bits per heavy atom. The third kappa shape index (κ3) is 4.19. The van der Waals surface area contributed by atoms with Gasteiger partial charge in [0.05, 0.1) is 11.1 Å². The fourth-order valence-electron chi connectivity index (χ4n) is 3.99. The van der Waals surface area contributed by atoms with Gasteiger partial charge in [-0.1, -0.05) is 44.0 Å². The molecule has 1 fully saturated rings. The number of benzene rings is 2. The summed E-state index contributed by atoms with van der Waals surface area (Å²) in [5.41, 5.74) is 0.286. The van der Waals surface area contributed by atoms with Gasteiger partial charge in [-0.15, -0.1) is 0 Å². The summed E-state index contributed by atoms with van der Waals surface area (Å²) in [5, 5.41) is 9.00. The lowest BCUT2D eigenvalue weighted by Crippen LogP contribution is -2.37. The first-order chi connectivity index (χ1) is 13.1. The Bertz CT molecular complexity index is 833. The van der Waals surface area contributed by atoms with E-state index in [2.05, 4.69) is 6.92 Å². The lowest BCUT2D eigenvalue weighted by atomic mass is 9.73. The molecule has 0 radical (unpaired) electrons. The van der Waals surface area contributed by atoms with Crippen LogP contribution in [0.4, 0.5) is 4.39 Å². The second-order valence-corrected chi connectivity index (χ2v) is 7.29. The van der Waals surface area contributed by atoms with Crippen molar-refractivity contribution in [3.05, 3.63) is 71.0 Å². The van der Waals surface area contributed by atoms with Crippen LogP contribution in [0.3, 0.4) is 0 Å². The van der Waals surface area contributed by atoms with Crippen LogP contribution in [0.5, 0.6) is 0 Å². The van der Waals surface area contributed by atoms with Gasteiger partial charge in [0, 0.05) is 0 Å². The van der Waals surface area contributed by atoms with E-state index in [0.717, 1.165) is 25.7 Å². The number of rotatable bonds is 5. The summed E-state index contributed by atoms with van der Waals surface area (Å²) in [6.07, 6.45) is 5.51. The second kappa shape index (κ2) is 8.35. The van der Waals surface area contributed by atoms with Gasteiger partial charge in [-0.3, -0.25) is 0 Å². The van der Waals surface area contributed by atoms with Gasteiger partial charge in [-0.05, 0) is 61.4 Å². The normalized spacial score (nSPS) is 22.0. The van der Waals surface area contributed by atoms with Crippen molar-refractivity contribution in [2.75, 3.05) is 0 Å². The van der Waals surface area contributed by atoms with Gasteiger partial charge in [0.25, 0.3) is 0 Å². The van der Waals surface area contributed by atoms with Crippen LogP contribution in [-0.2, 0) is 10.3 Å². The molecule has 2 aromatic rings. The number of nitrogens with zero attached hydrogens (tertiary/aromatic N) is 1. The van der Waals surface area contributed by atoms with E-state index in [-0.39, 0.29) is 5.56 Å². The van der Waals surface area contributed by atoms with Crippen LogP contribution in [-0.4, -0.2) is 5.97 Å². The smallest absolute Gasteiger partial charge is 0.339 e. The quantitative estimate of drug-likeness (QED) is 0.635. The summed E-state index contributed by atoms with van der Waals surface area (Å²) in [5.74, 6) is -0.350. The number of esters is 1. The summed E-state index contributed by atoms with van der Waals surface area (Å²) in [6.45, 7) is 2.17. The third-order valence-electron chi connectivity index (χ3n) is 5.52. The van der Waals surface area contributed by atoms with E-state index in [1.165, 1.54) is 12.1 Å². The van der Waals surface area contributed by atoms with Crippen molar-refractivity contribution < 1.29 is 13.9 Å². The van der Waals surface area contributed by atoms with E-state index >= 15 is 0 Å². The van der Waals surface area contributed by atoms with Crippen molar-refractivity contribution in [1.29, 1.82) is 5.26 Å². The Balaban J connectivity index is 1.91. The van der Waals surface area contributed by atoms with Crippen LogP contribution < -0.4 is 0 Å². The molecule has 0 saturated heterocycles. The zero-order valence-electron chi connectivity index (χ0n) is 15.6. The number of halogens is 1. The predicted molar refractivity (Wildman–Crippen MR) is 102 cm³/mol. The zero-order chi connectivity index (χ0) is 19.3. The molecule has 0 amide bonds.